The van der Waals surface area contributed by atoms with E-state index in [9.17, 15) is 9.50 Å². The smallest absolute Gasteiger partial charge is 0.141 e. The minimum Gasteiger partial charge on any atom is -0.390 e. The van der Waals surface area contributed by atoms with Gasteiger partial charge in [-0.25, -0.2) is 4.39 Å². The molecular weight excluding hydrogens is 215 g/mol. The number of rotatable bonds is 4. The molecule has 15 heavy (non-hydrogen) atoms. The SMILES string of the molecule is CCC(O)(CC)Cc1ccc(F)c(Cl)c1. The third-order valence-electron chi connectivity index (χ3n) is 2.83. The van der Waals surface area contributed by atoms with Crippen LogP contribution in [0.1, 0.15) is 32.3 Å². The molecule has 0 fully saturated rings. The Morgan fingerprint density at radius 3 is 2.40 bits per heavy atom. The molecule has 0 bridgehead atoms. The number of aliphatic hydroxyl groups is 1. The van der Waals surface area contributed by atoms with E-state index in [2.05, 4.69) is 0 Å². The van der Waals surface area contributed by atoms with Crippen molar-refractivity contribution in [2.45, 2.75) is 38.7 Å². The molecule has 0 atom stereocenters. The molecule has 0 unspecified atom stereocenters. The van der Waals surface area contributed by atoms with Crippen LogP contribution in [0.2, 0.25) is 5.02 Å². The Labute approximate surface area is 94.9 Å². The Bertz CT molecular complexity index is 334. The molecule has 0 radical (unpaired) electrons. The Morgan fingerprint density at radius 2 is 1.93 bits per heavy atom. The van der Waals surface area contributed by atoms with Gasteiger partial charge in [-0.15, -0.1) is 0 Å². The van der Waals surface area contributed by atoms with Crippen molar-refractivity contribution in [2.24, 2.45) is 0 Å². The van der Waals surface area contributed by atoms with Crippen LogP contribution in [-0.2, 0) is 6.42 Å². The molecule has 0 saturated carbocycles. The van der Waals surface area contributed by atoms with E-state index in [1.165, 1.54) is 6.07 Å². The lowest BCUT2D eigenvalue weighted by molar-refractivity contribution is 0.0326. The van der Waals surface area contributed by atoms with Gasteiger partial charge in [-0.1, -0.05) is 31.5 Å². The second-order valence-corrected chi connectivity index (χ2v) is 4.26. The second-order valence-electron chi connectivity index (χ2n) is 3.86. The van der Waals surface area contributed by atoms with Gasteiger partial charge >= 0.3 is 0 Å². The molecule has 1 nitrogen and oxygen atoms in total. The molecule has 84 valence electrons. The normalized spacial score (nSPS) is 11.8. The molecule has 0 aliphatic rings. The molecule has 0 aliphatic heterocycles. The maximum Gasteiger partial charge on any atom is 0.141 e. The van der Waals surface area contributed by atoms with Gasteiger partial charge in [-0.05, 0) is 30.5 Å². The summed E-state index contributed by atoms with van der Waals surface area (Å²) in [7, 11) is 0. The third-order valence-corrected chi connectivity index (χ3v) is 3.12. The van der Waals surface area contributed by atoms with Crippen LogP contribution in [0.15, 0.2) is 18.2 Å². The quantitative estimate of drug-likeness (QED) is 0.839. The molecular formula is C12H16ClFO. The van der Waals surface area contributed by atoms with E-state index >= 15 is 0 Å². The van der Waals surface area contributed by atoms with Crippen molar-refractivity contribution in [1.29, 1.82) is 0 Å². The van der Waals surface area contributed by atoms with Gasteiger partial charge in [0.05, 0.1) is 10.6 Å². The second kappa shape index (κ2) is 4.95. The molecule has 0 spiro atoms. The summed E-state index contributed by atoms with van der Waals surface area (Å²) in [4.78, 5) is 0. The topological polar surface area (TPSA) is 20.2 Å². The zero-order chi connectivity index (χ0) is 11.5. The minimum atomic E-state index is -0.707. The van der Waals surface area contributed by atoms with Crippen molar-refractivity contribution in [3.8, 4) is 0 Å². The fourth-order valence-corrected chi connectivity index (χ4v) is 1.73. The number of benzene rings is 1. The Balaban J connectivity index is 2.85. The highest BCUT2D eigenvalue weighted by Crippen LogP contribution is 2.23. The molecule has 0 amide bonds. The van der Waals surface area contributed by atoms with E-state index in [4.69, 9.17) is 11.6 Å². The van der Waals surface area contributed by atoms with Gasteiger partial charge in [0.15, 0.2) is 0 Å². The van der Waals surface area contributed by atoms with Crippen molar-refractivity contribution >= 4 is 11.6 Å². The molecule has 0 heterocycles. The van der Waals surface area contributed by atoms with E-state index in [-0.39, 0.29) is 5.02 Å². The number of hydrogen-bond acceptors (Lipinski definition) is 1. The van der Waals surface area contributed by atoms with Crippen LogP contribution in [0.3, 0.4) is 0 Å². The van der Waals surface area contributed by atoms with Crippen LogP contribution in [0.5, 0.6) is 0 Å². The fourth-order valence-electron chi connectivity index (χ4n) is 1.53. The Morgan fingerprint density at radius 1 is 1.33 bits per heavy atom. The van der Waals surface area contributed by atoms with Crippen LogP contribution < -0.4 is 0 Å². The van der Waals surface area contributed by atoms with E-state index in [1.807, 2.05) is 13.8 Å². The summed E-state index contributed by atoms with van der Waals surface area (Å²) in [5, 5.41) is 10.2. The van der Waals surface area contributed by atoms with Crippen LogP contribution in [0, 0.1) is 5.82 Å². The van der Waals surface area contributed by atoms with E-state index in [1.54, 1.807) is 12.1 Å². The van der Waals surface area contributed by atoms with Crippen molar-refractivity contribution in [1.82, 2.24) is 0 Å². The fraction of sp³-hybridized carbons (Fsp3) is 0.500. The number of halogens is 2. The van der Waals surface area contributed by atoms with Crippen LogP contribution in [0.4, 0.5) is 4.39 Å². The first-order valence-electron chi connectivity index (χ1n) is 5.17. The summed E-state index contributed by atoms with van der Waals surface area (Å²) in [5.41, 5.74) is 0.161. The van der Waals surface area contributed by atoms with Crippen LogP contribution >= 0.6 is 11.6 Å². The van der Waals surface area contributed by atoms with Gasteiger partial charge in [0.25, 0.3) is 0 Å². The highest BCUT2D eigenvalue weighted by atomic mass is 35.5. The van der Waals surface area contributed by atoms with Gasteiger partial charge in [-0.2, -0.15) is 0 Å². The molecule has 1 rings (SSSR count). The zero-order valence-corrected chi connectivity index (χ0v) is 9.81. The van der Waals surface area contributed by atoms with E-state index in [0.717, 1.165) is 5.56 Å². The minimum absolute atomic E-state index is 0.113. The van der Waals surface area contributed by atoms with Gasteiger partial charge in [0, 0.05) is 6.42 Å². The standard InChI is InChI=1S/C12H16ClFO/c1-3-12(15,4-2)8-9-5-6-11(14)10(13)7-9/h5-7,15H,3-4,8H2,1-2H3. The molecule has 0 aromatic heterocycles. The van der Waals surface area contributed by atoms with Crippen molar-refractivity contribution in [2.75, 3.05) is 0 Å². The monoisotopic (exact) mass is 230 g/mol. The summed E-state index contributed by atoms with van der Waals surface area (Å²) in [6, 6.07) is 4.58. The van der Waals surface area contributed by atoms with Crippen molar-refractivity contribution < 1.29 is 9.50 Å². The Kier molecular flexibility index (Phi) is 4.12. The summed E-state index contributed by atoms with van der Waals surface area (Å²) in [6.45, 7) is 3.88. The largest absolute Gasteiger partial charge is 0.390 e. The maximum atomic E-state index is 12.9. The van der Waals surface area contributed by atoms with E-state index < -0.39 is 11.4 Å². The molecule has 0 aliphatic carbocycles. The number of hydrogen-bond donors (Lipinski definition) is 1. The molecule has 0 saturated heterocycles. The average molecular weight is 231 g/mol. The lowest BCUT2D eigenvalue weighted by Crippen LogP contribution is -2.29. The maximum absolute atomic E-state index is 12.9. The van der Waals surface area contributed by atoms with Gasteiger partial charge < -0.3 is 5.11 Å². The van der Waals surface area contributed by atoms with Crippen molar-refractivity contribution in [3.05, 3.63) is 34.6 Å². The predicted molar refractivity (Wildman–Crippen MR) is 60.6 cm³/mol. The molecule has 1 aromatic carbocycles. The lowest BCUT2D eigenvalue weighted by atomic mass is 9.89. The Hall–Kier alpha value is -0.600. The third kappa shape index (κ3) is 3.18. The van der Waals surface area contributed by atoms with E-state index in [0.29, 0.717) is 19.3 Å². The molecule has 1 N–H and O–H groups in total. The van der Waals surface area contributed by atoms with Gasteiger partial charge in [0.2, 0.25) is 0 Å². The van der Waals surface area contributed by atoms with Crippen LogP contribution in [-0.4, -0.2) is 10.7 Å². The summed E-state index contributed by atoms with van der Waals surface area (Å²) >= 11 is 5.67. The predicted octanol–water partition coefficient (Wildman–Crippen LogP) is 3.57. The highest BCUT2D eigenvalue weighted by molar-refractivity contribution is 6.30. The zero-order valence-electron chi connectivity index (χ0n) is 9.06. The van der Waals surface area contributed by atoms with Gasteiger partial charge in [-0.3, -0.25) is 0 Å². The first kappa shape index (κ1) is 12.5. The van der Waals surface area contributed by atoms with Gasteiger partial charge in [0.1, 0.15) is 5.82 Å². The summed E-state index contributed by atoms with van der Waals surface area (Å²) in [6.07, 6.45) is 1.87. The average Bonchev–Trinajstić information content (AvgIpc) is 2.23. The van der Waals surface area contributed by atoms with Crippen LogP contribution in [0.25, 0.3) is 0 Å². The lowest BCUT2D eigenvalue weighted by Gasteiger charge is -2.25. The van der Waals surface area contributed by atoms with Crippen molar-refractivity contribution in [3.63, 3.8) is 0 Å². The first-order chi connectivity index (χ1) is 7.00. The molecule has 1 aromatic rings. The molecule has 3 heteroatoms. The summed E-state index contributed by atoms with van der Waals surface area (Å²) < 4.78 is 12.9. The summed E-state index contributed by atoms with van der Waals surface area (Å²) in [5.74, 6) is -0.419. The first-order valence-corrected chi connectivity index (χ1v) is 5.55. The highest BCUT2D eigenvalue weighted by Gasteiger charge is 2.22.